The molecule has 7 heteroatoms. The summed E-state index contributed by atoms with van der Waals surface area (Å²) in [5.41, 5.74) is 1.24. The summed E-state index contributed by atoms with van der Waals surface area (Å²) in [6.45, 7) is 3.78. The van der Waals surface area contributed by atoms with Crippen LogP contribution in [0.1, 0.15) is 28.1 Å². The lowest BCUT2D eigenvalue weighted by atomic mass is 10.0. The third-order valence-electron chi connectivity index (χ3n) is 4.67. The molecule has 2 aromatic rings. The van der Waals surface area contributed by atoms with E-state index in [0.717, 1.165) is 37.5 Å². The van der Waals surface area contributed by atoms with Crippen LogP contribution < -0.4 is 14.8 Å². The van der Waals surface area contributed by atoms with Gasteiger partial charge in [0, 0.05) is 29.5 Å². The molecule has 2 aliphatic heterocycles. The molecule has 1 aromatic heterocycles. The van der Waals surface area contributed by atoms with Gasteiger partial charge in [0.05, 0.1) is 0 Å². The molecule has 1 amide bonds. The van der Waals surface area contributed by atoms with E-state index in [-0.39, 0.29) is 11.9 Å². The van der Waals surface area contributed by atoms with Crippen molar-refractivity contribution in [1.29, 1.82) is 0 Å². The van der Waals surface area contributed by atoms with Gasteiger partial charge in [0.15, 0.2) is 11.5 Å². The third kappa shape index (κ3) is 3.98. The number of likely N-dealkylation sites (tertiary alicyclic amines) is 1. The van der Waals surface area contributed by atoms with Gasteiger partial charge in [-0.2, -0.15) is 0 Å². The van der Waals surface area contributed by atoms with Gasteiger partial charge in [-0.15, -0.1) is 11.3 Å². The normalized spacial score (nSPS) is 20.0. The number of ether oxygens (including phenoxy) is 2. The Morgan fingerprint density at radius 1 is 1.27 bits per heavy atom. The molecule has 3 heterocycles. The highest BCUT2D eigenvalue weighted by molar-refractivity contribution is 7.12. The fraction of sp³-hybridized carbons (Fsp3) is 0.421. The Labute approximate surface area is 161 Å². The molecule has 0 spiro atoms. The van der Waals surface area contributed by atoms with Crippen LogP contribution in [0.3, 0.4) is 0 Å². The number of hydrogen-bond acceptors (Lipinski definition) is 5. The number of benzene rings is 1. The summed E-state index contributed by atoms with van der Waals surface area (Å²) < 4.78 is 11.1. The van der Waals surface area contributed by atoms with Gasteiger partial charge >= 0.3 is 0 Å². The largest absolute Gasteiger partial charge is 0.485 e. The van der Waals surface area contributed by atoms with Gasteiger partial charge in [0.25, 0.3) is 5.91 Å². The number of halogens is 1. The van der Waals surface area contributed by atoms with E-state index in [1.807, 2.05) is 17.5 Å². The molecule has 1 unspecified atom stereocenters. The Morgan fingerprint density at radius 2 is 2.08 bits per heavy atom. The molecule has 26 heavy (non-hydrogen) atoms. The molecule has 0 saturated carbocycles. The minimum absolute atomic E-state index is 0.0694. The monoisotopic (exact) mass is 392 g/mol. The zero-order chi connectivity index (χ0) is 17.9. The second-order valence-corrected chi connectivity index (χ2v) is 7.95. The van der Waals surface area contributed by atoms with Crippen molar-refractivity contribution in [2.24, 2.45) is 0 Å². The number of nitrogens with zero attached hydrogens (tertiary/aromatic N) is 1. The first-order chi connectivity index (χ1) is 12.7. The van der Waals surface area contributed by atoms with Gasteiger partial charge in [-0.25, -0.2) is 0 Å². The molecule has 5 nitrogen and oxygen atoms in total. The first-order valence-electron chi connectivity index (χ1n) is 8.84. The van der Waals surface area contributed by atoms with Crippen molar-refractivity contribution in [2.45, 2.75) is 25.4 Å². The van der Waals surface area contributed by atoms with E-state index >= 15 is 0 Å². The minimum atomic E-state index is -0.0694. The van der Waals surface area contributed by atoms with Gasteiger partial charge in [-0.3, -0.25) is 9.69 Å². The molecular weight excluding hydrogens is 372 g/mol. The highest BCUT2D eigenvalue weighted by atomic mass is 35.5. The first-order valence-corrected chi connectivity index (χ1v) is 10.1. The summed E-state index contributed by atoms with van der Waals surface area (Å²) in [6, 6.07) is 8.09. The third-order valence-corrected chi connectivity index (χ3v) is 5.86. The van der Waals surface area contributed by atoms with E-state index in [9.17, 15) is 4.79 Å². The maximum atomic E-state index is 12.7. The van der Waals surface area contributed by atoms with Gasteiger partial charge in [-0.05, 0) is 37.1 Å². The zero-order valence-corrected chi connectivity index (χ0v) is 15.9. The van der Waals surface area contributed by atoms with E-state index in [0.29, 0.717) is 29.6 Å². The SMILES string of the molecule is O=C(NC1CCCN(Cc2ccc(Cl)cc2)C1)c1scc2c1OCCO2. The van der Waals surface area contributed by atoms with Crippen LogP contribution in [0.15, 0.2) is 29.6 Å². The Balaban J connectivity index is 1.36. The molecule has 0 bridgehead atoms. The smallest absolute Gasteiger partial charge is 0.265 e. The van der Waals surface area contributed by atoms with Crippen molar-refractivity contribution >= 4 is 28.8 Å². The Hall–Kier alpha value is -1.76. The Kier molecular flexibility index (Phi) is 5.33. The molecule has 1 aromatic carbocycles. The molecule has 1 saturated heterocycles. The summed E-state index contributed by atoms with van der Waals surface area (Å²) in [5.74, 6) is 1.20. The zero-order valence-electron chi connectivity index (χ0n) is 14.4. The van der Waals surface area contributed by atoms with Crippen LogP contribution in [0.2, 0.25) is 5.02 Å². The second kappa shape index (κ2) is 7.86. The van der Waals surface area contributed by atoms with Crippen LogP contribution in [0, 0.1) is 0 Å². The lowest BCUT2D eigenvalue weighted by molar-refractivity contribution is 0.0896. The molecule has 0 radical (unpaired) electrons. The van der Waals surface area contributed by atoms with E-state index in [1.165, 1.54) is 16.9 Å². The average molecular weight is 393 g/mol. The van der Waals surface area contributed by atoms with E-state index in [1.54, 1.807) is 0 Å². The highest BCUT2D eigenvalue weighted by Crippen LogP contribution is 2.39. The molecule has 0 aliphatic carbocycles. The summed E-state index contributed by atoms with van der Waals surface area (Å²) in [6.07, 6.45) is 2.06. The highest BCUT2D eigenvalue weighted by Gasteiger charge is 2.27. The summed E-state index contributed by atoms with van der Waals surface area (Å²) in [4.78, 5) is 15.7. The lowest BCUT2D eigenvalue weighted by Gasteiger charge is -2.33. The minimum Gasteiger partial charge on any atom is -0.485 e. The predicted molar refractivity (Wildman–Crippen MR) is 103 cm³/mol. The van der Waals surface area contributed by atoms with Crippen molar-refractivity contribution in [1.82, 2.24) is 10.2 Å². The molecular formula is C19H21ClN2O3S. The Bertz CT molecular complexity index is 778. The second-order valence-electron chi connectivity index (χ2n) is 6.63. The number of carbonyl (C=O) groups excluding carboxylic acids is 1. The Morgan fingerprint density at radius 3 is 2.92 bits per heavy atom. The van der Waals surface area contributed by atoms with Crippen molar-refractivity contribution < 1.29 is 14.3 Å². The van der Waals surface area contributed by atoms with E-state index < -0.39 is 0 Å². The van der Waals surface area contributed by atoms with E-state index in [4.69, 9.17) is 21.1 Å². The number of carbonyl (C=O) groups is 1. The van der Waals surface area contributed by atoms with Gasteiger partial charge in [0.2, 0.25) is 0 Å². The van der Waals surface area contributed by atoms with Crippen LogP contribution in [0.25, 0.3) is 0 Å². The number of hydrogen-bond donors (Lipinski definition) is 1. The fourth-order valence-corrected chi connectivity index (χ4v) is 4.39. The number of thiophene rings is 1. The van der Waals surface area contributed by atoms with Gasteiger partial charge in [0.1, 0.15) is 18.1 Å². The van der Waals surface area contributed by atoms with Crippen molar-refractivity contribution in [3.8, 4) is 11.5 Å². The number of nitrogens with one attached hydrogen (secondary N) is 1. The topological polar surface area (TPSA) is 50.8 Å². The fourth-order valence-electron chi connectivity index (χ4n) is 3.44. The van der Waals surface area contributed by atoms with Crippen LogP contribution >= 0.6 is 22.9 Å². The van der Waals surface area contributed by atoms with E-state index in [2.05, 4.69) is 22.3 Å². The molecule has 1 fully saturated rings. The summed E-state index contributed by atoms with van der Waals surface area (Å²) in [7, 11) is 0. The van der Waals surface area contributed by atoms with Crippen molar-refractivity contribution in [3.63, 3.8) is 0 Å². The van der Waals surface area contributed by atoms with Crippen molar-refractivity contribution in [3.05, 3.63) is 45.1 Å². The average Bonchev–Trinajstić information content (AvgIpc) is 3.08. The predicted octanol–water partition coefficient (Wildman–Crippen LogP) is 3.57. The number of fused-ring (bicyclic) bond motifs is 1. The quantitative estimate of drug-likeness (QED) is 0.864. The maximum Gasteiger partial charge on any atom is 0.265 e. The maximum absolute atomic E-state index is 12.7. The van der Waals surface area contributed by atoms with Crippen LogP contribution in [-0.4, -0.2) is 43.2 Å². The first kappa shape index (κ1) is 17.6. The lowest BCUT2D eigenvalue weighted by Crippen LogP contribution is -2.47. The van der Waals surface area contributed by atoms with Gasteiger partial charge in [-0.1, -0.05) is 23.7 Å². The molecule has 2 aliphatic rings. The van der Waals surface area contributed by atoms with Crippen LogP contribution in [0.4, 0.5) is 0 Å². The summed E-state index contributed by atoms with van der Waals surface area (Å²) >= 11 is 7.33. The summed E-state index contributed by atoms with van der Waals surface area (Å²) in [5, 5.41) is 5.77. The number of rotatable bonds is 4. The van der Waals surface area contributed by atoms with Crippen LogP contribution in [0.5, 0.6) is 11.5 Å². The number of piperidine rings is 1. The standard InChI is InChI=1S/C19H21ClN2O3S/c20-14-5-3-13(4-6-14)10-22-7-1-2-15(11-22)21-19(23)18-17-16(12-26-18)24-8-9-25-17/h3-6,12,15H,1-2,7-11H2,(H,21,23). The van der Waals surface area contributed by atoms with Crippen molar-refractivity contribution in [2.75, 3.05) is 26.3 Å². The van der Waals surface area contributed by atoms with Gasteiger partial charge < -0.3 is 14.8 Å². The van der Waals surface area contributed by atoms with Crippen LogP contribution in [-0.2, 0) is 6.54 Å². The number of amides is 1. The molecule has 1 N–H and O–H groups in total. The molecule has 1 atom stereocenters. The molecule has 4 rings (SSSR count). The molecule has 138 valence electrons.